The monoisotopic (exact) mass is 231 g/mol. The van der Waals surface area contributed by atoms with Crippen LogP contribution < -0.4 is 5.32 Å². The van der Waals surface area contributed by atoms with Crippen molar-refractivity contribution in [3.05, 3.63) is 10.0 Å². The maximum atomic E-state index is 8.65. The lowest BCUT2D eigenvalue weighted by Crippen LogP contribution is -2.20. The Morgan fingerprint density at radius 2 is 2.50 bits per heavy atom. The molecule has 0 aliphatic rings. The van der Waals surface area contributed by atoms with Crippen molar-refractivity contribution in [3.63, 3.8) is 0 Å². The predicted octanol–water partition coefficient (Wildman–Crippen LogP) is 2.11. The molecule has 0 amide bonds. The Kier molecular flexibility index (Phi) is 4.14. The van der Waals surface area contributed by atoms with E-state index in [9.17, 15) is 0 Å². The van der Waals surface area contributed by atoms with Gasteiger partial charge in [-0.1, -0.05) is 22.9 Å². The van der Waals surface area contributed by atoms with E-state index in [1.165, 1.54) is 11.3 Å². The second-order valence-corrected chi connectivity index (χ2v) is 4.11. The molecule has 1 aromatic rings. The Bertz CT molecular complexity index is 347. The van der Waals surface area contributed by atoms with Gasteiger partial charge in [0.2, 0.25) is 0 Å². The molecule has 0 aliphatic carbocycles. The van der Waals surface area contributed by atoms with Gasteiger partial charge in [0.1, 0.15) is 10.9 Å². The first kappa shape index (κ1) is 11.2. The summed E-state index contributed by atoms with van der Waals surface area (Å²) in [5.41, 5.74) is 0. The normalized spacial score (nSPS) is 12.1. The number of nitrogens with one attached hydrogen (secondary N) is 1. The second kappa shape index (κ2) is 5.15. The maximum absolute atomic E-state index is 8.65. The molecule has 1 N–H and O–H groups in total. The molecule has 1 heterocycles. The van der Waals surface area contributed by atoms with Gasteiger partial charge in [-0.2, -0.15) is 5.26 Å². The summed E-state index contributed by atoms with van der Waals surface area (Å²) >= 11 is 6.95. The van der Waals surface area contributed by atoms with Crippen LogP contribution in [0.5, 0.6) is 0 Å². The van der Waals surface area contributed by atoms with Crippen LogP contribution in [-0.4, -0.2) is 24.7 Å². The molecular weight excluding hydrogens is 222 g/mol. The summed E-state index contributed by atoms with van der Waals surface area (Å²) in [5.74, 6) is 0. The summed E-state index contributed by atoms with van der Waals surface area (Å²) in [4.78, 5) is 4.43. The highest BCUT2D eigenvalue weighted by Crippen LogP contribution is 2.26. The number of rotatable bonds is 4. The molecule has 1 rings (SSSR count). The van der Waals surface area contributed by atoms with Gasteiger partial charge in [0.15, 0.2) is 10.3 Å². The maximum Gasteiger partial charge on any atom is 0.185 e. The molecule has 6 heteroatoms. The summed E-state index contributed by atoms with van der Waals surface area (Å²) in [6.45, 7) is 2.55. The zero-order valence-corrected chi connectivity index (χ0v) is 9.45. The summed E-state index contributed by atoms with van der Waals surface area (Å²) in [5, 5.41) is 12.6. The zero-order chi connectivity index (χ0) is 10.6. The van der Waals surface area contributed by atoms with Gasteiger partial charge in [-0.3, -0.25) is 0 Å². The molecule has 0 bridgehead atoms. The van der Waals surface area contributed by atoms with Crippen molar-refractivity contribution in [3.8, 4) is 6.07 Å². The fraction of sp³-hybridized carbons (Fsp3) is 0.500. The Morgan fingerprint density at radius 3 is 3.00 bits per heavy atom. The van der Waals surface area contributed by atoms with Gasteiger partial charge in [-0.05, 0) is 6.92 Å². The second-order valence-electron chi connectivity index (χ2n) is 2.75. The summed E-state index contributed by atoms with van der Waals surface area (Å²) in [6.07, 6.45) is 0. The van der Waals surface area contributed by atoms with Crippen molar-refractivity contribution in [1.29, 1.82) is 5.26 Å². The largest absolute Gasteiger partial charge is 0.383 e. The SMILES string of the molecule is COCC(C)Nc1nc(Cl)c(C#N)s1. The Hall–Kier alpha value is -0.830. The number of anilines is 1. The molecule has 4 nitrogen and oxygen atoms in total. The molecule has 0 radical (unpaired) electrons. The van der Waals surface area contributed by atoms with E-state index in [1.54, 1.807) is 7.11 Å². The highest BCUT2D eigenvalue weighted by molar-refractivity contribution is 7.16. The number of methoxy groups -OCH3 is 1. The molecule has 1 unspecified atom stereocenters. The number of nitriles is 1. The van der Waals surface area contributed by atoms with Crippen LogP contribution in [-0.2, 0) is 4.74 Å². The highest BCUT2D eigenvalue weighted by Gasteiger charge is 2.10. The topological polar surface area (TPSA) is 57.9 Å². The van der Waals surface area contributed by atoms with Crippen molar-refractivity contribution < 1.29 is 4.74 Å². The number of halogens is 1. The van der Waals surface area contributed by atoms with Gasteiger partial charge in [-0.15, -0.1) is 0 Å². The van der Waals surface area contributed by atoms with Gasteiger partial charge in [0.05, 0.1) is 6.61 Å². The first-order chi connectivity index (χ1) is 6.67. The van der Waals surface area contributed by atoms with Crippen LogP contribution in [0.25, 0.3) is 0 Å². The lowest BCUT2D eigenvalue weighted by molar-refractivity contribution is 0.190. The third kappa shape index (κ3) is 2.84. The average molecular weight is 232 g/mol. The molecule has 0 spiro atoms. The van der Waals surface area contributed by atoms with E-state index in [2.05, 4.69) is 10.3 Å². The first-order valence-electron chi connectivity index (χ1n) is 3.99. The lowest BCUT2D eigenvalue weighted by Gasteiger charge is -2.10. The predicted molar refractivity (Wildman–Crippen MR) is 56.8 cm³/mol. The molecular formula is C8H10ClN3OS. The lowest BCUT2D eigenvalue weighted by atomic mass is 10.4. The molecule has 14 heavy (non-hydrogen) atoms. The van der Waals surface area contributed by atoms with Crippen molar-refractivity contribution >= 4 is 28.1 Å². The van der Waals surface area contributed by atoms with E-state index in [4.69, 9.17) is 21.6 Å². The molecule has 0 saturated carbocycles. The van der Waals surface area contributed by atoms with E-state index < -0.39 is 0 Å². The number of hydrogen-bond donors (Lipinski definition) is 1. The summed E-state index contributed by atoms with van der Waals surface area (Å²) in [7, 11) is 1.63. The number of nitrogens with zero attached hydrogens (tertiary/aromatic N) is 2. The van der Waals surface area contributed by atoms with Gasteiger partial charge in [0.25, 0.3) is 0 Å². The van der Waals surface area contributed by atoms with Crippen LogP contribution in [0.15, 0.2) is 0 Å². The Balaban J connectivity index is 2.64. The number of hydrogen-bond acceptors (Lipinski definition) is 5. The molecule has 0 fully saturated rings. The van der Waals surface area contributed by atoms with E-state index >= 15 is 0 Å². The molecule has 0 saturated heterocycles. The van der Waals surface area contributed by atoms with Crippen LogP contribution >= 0.6 is 22.9 Å². The van der Waals surface area contributed by atoms with Crippen molar-refractivity contribution in [2.24, 2.45) is 0 Å². The third-order valence-corrected chi connectivity index (χ3v) is 2.75. The average Bonchev–Trinajstić information content (AvgIpc) is 2.46. The van der Waals surface area contributed by atoms with Crippen LogP contribution in [0.4, 0.5) is 5.13 Å². The minimum Gasteiger partial charge on any atom is -0.383 e. The van der Waals surface area contributed by atoms with Gasteiger partial charge >= 0.3 is 0 Å². The van der Waals surface area contributed by atoms with Crippen LogP contribution in [0.1, 0.15) is 11.8 Å². The van der Waals surface area contributed by atoms with E-state index in [0.29, 0.717) is 16.6 Å². The fourth-order valence-corrected chi connectivity index (χ4v) is 1.99. The Morgan fingerprint density at radius 1 is 1.79 bits per heavy atom. The Labute approximate surface area is 91.5 Å². The van der Waals surface area contributed by atoms with Gasteiger partial charge in [-0.25, -0.2) is 4.98 Å². The molecule has 1 aromatic heterocycles. The summed E-state index contributed by atoms with van der Waals surface area (Å²) < 4.78 is 4.96. The van der Waals surface area contributed by atoms with Gasteiger partial charge < -0.3 is 10.1 Å². The minimum atomic E-state index is 0.147. The molecule has 0 aromatic carbocycles. The summed E-state index contributed by atoms with van der Waals surface area (Å²) in [6, 6.07) is 2.12. The molecule has 76 valence electrons. The van der Waals surface area contributed by atoms with E-state index in [0.717, 1.165) is 0 Å². The minimum absolute atomic E-state index is 0.147. The molecule has 0 aliphatic heterocycles. The number of ether oxygens (including phenoxy) is 1. The molecule has 1 atom stereocenters. The standard InChI is InChI=1S/C8H10ClN3OS/c1-5(4-13-2)11-8-12-7(9)6(3-10)14-8/h5H,4H2,1-2H3,(H,11,12). The smallest absolute Gasteiger partial charge is 0.185 e. The first-order valence-corrected chi connectivity index (χ1v) is 5.18. The number of thiazole rings is 1. The van der Waals surface area contributed by atoms with Crippen molar-refractivity contribution in [2.45, 2.75) is 13.0 Å². The van der Waals surface area contributed by atoms with Crippen LogP contribution in [0.3, 0.4) is 0 Å². The zero-order valence-electron chi connectivity index (χ0n) is 7.87. The quantitative estimate of drug-likeness (QED) is 0.863. The highest BCUT2D eigenvalue weighted by atomic mass is 35.5. The van der Waals surface area contributed by atoms with Crippen molar-refractivity contribution in [1.82, 2.24) is 4.98 Å². The fourth-order valence-electron chi connectivity index (χ4n) is 0.935. The van der Waals surface area contributed by atoms with Gasteiger partial charge in [0, 0.05) is 13.2 Å². The van der Waals surface area contributed by atoms with Crippen LogP contribution in [0, 0.1) is 11.3 Å². The number of aromatic nitrogens is 1. The van der Waals surface area contributed by atoms with Crippen molar-refractivity contribution in [2.75, 3.05) is 19.0 Å². The third-order valence-electron chi connectivity index (χ3n) is 1.47. The van der Waals surface area contributed by atoms with Crippen LogP contribution in [0.2, 0.25) is 5.15 Å². The van der Waals surface area contributed by atoms with E-state index in [-0.39, 0.29) is 11.2 Å². The van der Waals surface area contributed by atoms with E-state index in [1.807, 2.05) is 13.0 Å².